The Morgan fingerprint density at radius 2 is 2.12 bits per heavy atom. The van der Waals surface area contributed by atoms with Gasteiger partial charge in [-0.25, -0.2) is 4.98 Å². The zero-order chi connectivity index (χ0) is 12.3. The molecule has 0 bridgehead atoms. The predicted molar refractivity (Wildman–Crippen MR) is 70.5 cm³/mol. The smallest absolute Gasteiger partial charge is 0.109 e. The molecule has 0 spiro atoms. The van der Waals surface area contributed by atoms with Crippen molar-refractivity contribution in [3.63, 3.8) is 0 Å². The van der Waals surface area contributed by atoms with E-state index in [-0.39, 0.29) is 6.04 Å². The number of rotatable bonds is 4. The molecule has 2 N–H and O–H groups in total. The second kappa shape index (κ2) is 5.25. The van der Waals surface area contributed by atoms with E-state index in [0.717, 1.165) is 23.8 Å². The van der Waals surface area contributed by atoms with Crippen molar-refractivity contribution in [1.82, 2.24) is 9.88 Å². The van der Waals surface area contributed by atoms with Crippen molar-refractivity contribution in [3.8, 4) is 0 Å². The first kappa shape index (κ1) is 13.6. The van der Waals surface area contributed by atoms with Crippen LogP contribution in [-0.4, -0.2) is 23.5 Å². The van der Waals surface area contributed by atoms with Gasteiger partial charge in [-0.05, 0) is 19.4 Å². The van der Waals surface area contributed by atoms with Gasteiger partial charge in [-0.1, -0.05) is 20.8 Å². The Kier molecular flexibility index (Phi) is 4.47. The van der Waals surface area contributed by atoms with E-state index in [2.05, 4.69) is 43.1 Å². The molecule has 0 radical (unpaired) electrons. The zero-order valence-corrected chi connectivity index (χ0v) is 11.8. The molecule has 0 amide bonds. The minimum Gasteiger partial charge on any atom is -0.322 e. The fraction of sp³-hybridized carbons (Fsp3) is 0.750. The fourth-order valence-corrected chi connectivity index (χ4v) is 2.52. The molecule has 1 aromatic heterocycles. The molecule has 0 aliphatic carbocycles. The van der Waals surface area contributed by atoms with Crippen LogP contribution >= 0.6 is 11.3 Å². The van der Waals surface area contributed by atoms with E-state index in [1.165, 1.54) is 0 Å². The van der Waals surface area contributed by atoms with E-state index in [9.17, 15) is 0 Å². The normalized spacial score (nSPS) is 14.4. The van der Waals surface area contributed by atoms with Crippen molar-refractivity contribution >= 4 is 11.3 Å². The molecule has 0 saturated heterocycles. The van der Waals surface area contributed by atoms with Crippen LogP contribution in [0.3, 0.4) is 0 Å². The molecule has 0 aliphatic heterocycles. The van der Waals surface area contributed by atoms with Crippen LogP contribution in [0.25, 0.3) is 0 Å². The third kappa shape index (κ3) is 4.60. The quantitative estimate of drug-likeness (QED) is 0.881. The third-order valence-corrected chi connectivity index (χ3v) is 3.23. The average molecular weight is 241 g/mol. The largest absolute Gasteiger partial charge is 0.322 e. The Balaban J connectivity index is 2.53. The molecule has 0 fully saturated rings. The highest BCUT2D eigenvalue weighted by atomic mass is 32.1. The van der Waals surface area contributed by atoms with Crippen LogP contribution in [0.2, 0.25) is 0 Å². The number of aromatic nitrogens is 1. The number of thiazole rings is 1. The first-order valence-electron chi connectivity index (χ1n) is 5.66. The van der Waals surface area contributed by atoms with Crippen LogP contribution in [0.1, 0.15) is 44.4 Å². The average Bonchev–Trinajstić information content (AvgIpc) is 2.48. The molecule has 0 aromatic carbocycles. The Morgan fingerprint density at radius 1 is 1.50 bits per heavy atom. The van der Waals surface area contributed by atoms with Crippen LogP contribution in [0.5, 0.6) is 0 Å². The van der Waals surface area contributed by atoms with E-state index in [0.29, 0.717) is 5.41 Å². The van der Waals surface area contributed by atoms with Crippen molar-refractivity contribution in [3.05, 3.63) is 16.1 Å². The lowest BCUT2D eigenvalue weighted by Gasteiger charge is -2.25. The van der Waals surface area contributed by atoms with Crippen LogP contribution in [-0.2, 0) is 6.54 Å². The Labute approximate surface area is 103 Å². The predicted octanol–water partition coefficient (Wildman–Crippen LogP) is 2.64. The van der Waals surface area contributed by atoms with Crippen molar-refractivity contribution < 1.29 is 0 Å². The molecule has 1 unspecified atom stereocenters. The first-order valence-corrected chi connectivity index (χ1v) is 6.54. The highest BCUT2D eigenvalue weighted by Gasteiger charge is 2.15. The molecule has 1 heterocycles. The lowest BCUT2D eigenvalue weighted by Crippen LogP contribution is -2.29. The lowest BCUT2D eigenvalue weighted by atomic mass is 9.96. The van der Waals surface area contributed by atoms with Gasteiger partial charge < -0.3 is 5.73 Å². The minimum atomic E-state index is 0.0478. The van der Waals surface area contributed by atoms with Gasteiger partial charge in [-0.2, -0.15) is 0 Å². The maximum absolute atomic E-state index is 5.79. The maximum atomic E-state index is 5.79. The lowest BCUT2D eigenvalue weighted by molar-refractivity contribution is 0.219. The summed E-state index contributed by atoms with van der Waals surface area (Å²) in [4.78, 5) is 6.84. The zero-order valence-electron chi connectivity index (χ0n) is 10.9. The molecule has 1 atom stereocenters. The standard InChI is InChI=1S/C12H23N3S/c1-9(13)11-14-10(7-16-11)6-15(5)8-12(2,3)4/h7,9H,6,8,13H2,1-5H3. The monoisotopic (exact) mass is 241 g/mol. The molecule has 1 aromatic rings. The molecular weight excluding hydrogens is 218 g/mol. The topological polar surface area (TPSA) is 42.1 Å². The third-order valence-electron chi connectivity index (χ3n) is 2.14. The summed E-state index contributed by atoms with van der Waals surface area (Å²) in [5, 5.41) is 3.14. The van der Waals surface area contributed by atoms with Crippen LogP contribution in [0.15, 0.2) is 5.38 Å². The summed E-state index contributed by atoms with van der Waals surface area (Å²) in [6.07, 6.45) is 0. The number of hydrogen-bond donors (Lipinski definition) is 1. The van der Waals surface area contributed by atoms with Gasteiger partial charge in [0.2, 0.25) is 0 Å². The summed E-state index contributed by atoms with van der Waals surface area (Å²) in [6.45, 7) is 10.7. The van der Waals surface area contributed by atoms with Crippen LogP contribution in [0, 0.1) is 5.41 Å². The van der Waals surface area contributed by atoms with E-state index in [1.54, 1.807) is 11.3 Å². The van der Waals surface area contributed by atoms with Gasteiger partial charge in [0.25, 0.3) is 0 Å². The maximum Gasteiger partial charge on any atom is 0.109 e. The molecule has 4 heteroatoms. The van der Waals surface area contributed by atoms with Crippen molar-refractivity contribution in [1.29, 1.82) is 0 Å². The van der Waals surface area contributed by atoms with Gasteiger partial charge >= 0.3 is 0 Å². The molecule has 16 heavy (non-hydrogen) atoms. The van der Waals surface area contributed by atoms with Crippen LogP contribution in [0.4, 0.5) is 0 Å². The number of nitrogens with two attached hydrogens (primary N) is 1. The van der Waals surface area contributed by atoms with E-state index >= 15 is 0 Å². The van der Waals surface area contributed by atoms with Crippen LogP contribution < -0.4 is 5.73 Å². The highest BCUT2D eigenvalue weighted by molar-refractivity contribution is 7.09. The van der Waals surface area contributed by atoms with Gasteiger partial charge in [-0.15, -0.1) is 11.3 Å². The summed E-state index contributed by atoms with van der Waals surface area (Å²) in [6, 6.07) is 0.0478. The van der Waals surface area contributed by atoms with Gasteiger partial charge in [0, 0.05) is 18.5 Å². The summed E-state index contributed by atoms with van der Waals surface area (Å²) < 4.78 is 0. The molecule has 0 aliphatic rings. The molecular formula is C12H23N3S. The summed E-state index contributed by atoms with van der Waals surface area (Å²) in [5.41, 5.74) is 7.25. The number of nitrogens with zero attached hydrogens (tertiary/aromatic N) is 2. The Hall–Kier alpha value is -0.450. The van der Waals surface area contributed by atoms with Gasteiger partial charge in [0.05, 0.1) is 11.7 Å². The molecule has 0 saturated carbocycles. The van der Waals surface area contributed by atoms with Crippen molar-refractivity contribution in [2.45, 2.75) is 40.3 Å². The van der Waals surface area contributed by atoms with E-state index < -0.39 is 0 Å². The number of hydrogen-bond acceptors (Lipinski definition) is 4. The Morgan fingerprint density at radius 3 is 2.56 bits per heavy atom. The summed E-state index contributed by atoms with van der Waals surface area (Å²) in [5.74, 6) is 0. The summed E-state index contributed by atoms with van der Waals surface area (Å²) >= 11 is 1.65. The summed E-state index contributed by atoms with van der Waals surface area (Å²) in [7, 11) is 2.14. The second-order valence-corrected chi connectivity index (χ2v) is 6.59. The first-order chi connectivity index (χ1) is 7.28. The molecule has 3 nitrogen and oxygen atoms in total. The van der Waals surface area contributed by atoms with Crippen molar-refractivity contribution in [2.24, 2.45) is 11.1 Å². The molecule has 92 valence electrons. The highest BCUT2D eigenvalue weighted by Crippen LogP contribution is 2.19. The fourth-order valence-electron chi connectivity index (χ4n) is 1.75. The van der Waals surface area contributed by atoms with Gasteiger partial charge in [0.15, 0.2) is 0 Å². The molecule has 1 rings (SSSR count). The second-order valence-electron chi connectivity index (χ2n) is 5.70. The van der Waals surface area contributed by atoms with E-state index in [1.807, 2.05) is 6.92 Å². The SMILES string of the molecule is CC(N)c1nc(CN(C)CC(C)(C)C)cs1. The van der Waals surface area contributed by atoms with Crippen molar-refractivity contribution in [2.75, 3.05) is 13.6 Å². The van der Waals surface area contributed by atoms with Gasteiger partial charge in [-0.3, -0.25) is 4.90 Å². The Bertz CT molecular complexity index is 325. The van der Waals surface area contributed by atoms with Gasteiger partial charge in [0.1, 0.15) is 5.01 Å². The van der Waals surface area contributed by atoms with E-state index in [4.69, 9.17) is 5.73 Å². The minimum absolute atomic E-state index is 0.0478.